The number of carbonyl (C=O) groups is 1. The van der Waals surface area contributed by atoms with Crippen molar-refractivity contribution in [2.75, 3.05) is 4.90 Å². The summed E-state index contributed by atoms with van der Waals surface area (Å²) in [5.41, 5.74) is 4.80. The first kappa shape index (κ1) is 20.0. The number of benzene rings is 3. The topological polar surface area (TPSA) is 92.1 Å². The molecule has 8 heteroatoms. The first-order valence-electron chi connectivity index (χ1n) is 9.93. The van der Waals surface area contributed by atoms with Crippen molar-refractivity contribution in [3.8, 4) is 11.3 Å². The van der Waals surface area contributed by atoms with E-state index in [2.05, 4.69) is 10.2 Å². The Kier molecular flexibility index (Phi) is 4.75. The van der Waals surface area contributed by atoms with E-state index in [4.69, 9.17) is 11.6 Å². The van der Waals surface area contributed by atoms with Crippen LogP contribution in [0.5, 0.6) is 0 Å². The third-order valence-corrected chi connectivity index (χ3v) is 5.85. The molecule has 0 saturated carbocycles. The summed E-state index contributed by atoms with van der Waals surface area (Å²) in [5, 5.41) is 19.3. The van der Waals surface area contributed by atoms with Crippen LogP contribution in [0.25, 0.3) is 11.3 Å². The average molecular weight is 445 g/mol. The van der Waals surface area contributed by atoms with Crippen molar-refractivity contribution < 1.29 is 9.72 Å². The monoisotopic (exact) mass is 444 g/mol. The van der Waals surface area contributed by atoms with Crippen LogP contribution in [0.3, 0.4) is 0 Å². The molecule has 2 heterocycles. The molecule has 1 aromatic heterocycles. The van der Waals surface area contributed by atoms with Crippen molar-refractivity contribution in [2.24, 2.45) is 0 Å². The van der Waals surface area contributed by atoms with Gasteiger partial charge in [0, 0.05) is 34.0 Å². The van der Waals surface area contributed by atoms with E-state index in [-0.39, 0.29) is 11.6 Å². The highest BCUT2D eigenvalue weighted by Gasteiger charge is 2.43. The Morgan fingerprint density at radius 2 is 1.78 bits per heavy atom. The van der Waals surface area contributed by atoms with Gasteiger partial charge in [-0.05, 0) is 36.8 Å². The standard InChI is InChI=1S/C24H17ClN4O3/c1-14-5-11-18(12-6-14)28-23(16-3-2-4-19(13-16)29(31)32)20-21(26-27-22(20)24(28)30)15-7-9-17(25)10-8-15/h2-13,23H,1H3,(H,26,27)/t23-/m0/s1. The zero-order valence-corrected chi connectivity index (χ0v) is 17.7. The van der Waals surface area contributed by atoms with E-state index in [9.17, 15) is 14.9 Å². The van der Waals surface area contributed by atoms with Gasteiger partial charge in [0.05, 0.1) is 16.7 Å². The lowest BCUT2D eigenvalue weighted by Gasteiger charge is -2.26. The lowest BCUT2D eigenvalue weighted by Crippen LogP contribution is -2.29. The molecule has 0 radical (unpaired) electrons. The van der Waals surface area contributed by atoms with E-state index in [0.717, 1.165) is 11.1 Å². The molecular formula is C24H17ClN4O3. The number of aromatic nitrogens is 2. The number of anilines is 1. The summed E-state index contributed by atoms with van der Waals surface area (Å²) in [7, 11) is 0. The number of nitro benzene ring substituents is 1. The number of nitrogens with zero attached hydrogens (tertiary/aromatic N) is 3. The highest BCUT2D eigenvalue weighted by atomic mass is 35.5. The van der Waals surface area contributed by atoms with Gasteiger partial charge in [-0.25, -0.2) is 0 Å². The maximum atomic E-state index is 13.5. The second-order valence-electron chi connectivity index (χ2n) is 7.63. The molecule has 0 bridgehead atoms. The number of fused-ring (bicyclic) bond motifs is 1. The van der Waals surface area contributed by atoms with Crippen LogP contribution in [-0.2, 0) is 0 Å². The van der Waals surface area contributed by atoms with Gasteiger partial charge in [-0.1, -0.05) is 53.6 Å². The van der Waals surface area contributed by atoms with Gasteiger partial charge in [-0.3, -0.25) is 24.9 Å². The van der Waals surface area contributed by atoms with Crippen LogP contribution >= 0.6 is 11.6 Å². The Hall–Kier alpha value is -3.97. The van der Waals surface area contributed by atoms with E-state index in [1.165, 1.54) is 12.1 Å². The average Bonchev–Trinajstić information content (AvgIpc) is 3.34. The van der Waals surface area contributed by atoms with Gasteiger partial charge >= 0.3 is 0 Å². The van der Waals surface area contributed by atoms with Crippen molar-refractivity contribution >= 4 is 28.9 Å². The van der Waals surface area contributed by atoms with Crippen LogP contribution in [0.2, 0.25) is 5.02 Å². The molecule has 3 aromatic carbocycles. The van der Waals surface area contributed by atoms with Crippen LogP contribution in [0.15, 0.2) is 72.8 Å². The lowest BCUT2D eigenvalue weighted by molar-refractivity contribution is -0.384. The van der Waals surface area contributed by atoms with Gasteiger partial charge in [-0.2, -0.15) is 5.10 Å². The molecule has 1 amide bonds. The van der Waals surface area contributed by atoms with Crippen molar-refractivity contribution in [1.29, 1.82) is 0 Å². The summed E-state index contributed by atoms with van der Waals surface area (Å²) in [6, 6.07) is 20.6. The molecule has 0 spiro atoms. The van der Waals surface area contributed by atoms with Crippen molar-refractivity contribution in [3.63, 3.8) is 0 Å². The minimum absolute atomic E-state index is 0.0382. The maximum Gasteiger partial charge on any atom is 0.277 e. The smallest absolute Gasteiger partial charge is 0.277 e. The fourth-order valence-electron chi connectivity index (χ4n) is 4.07. The van der Waals surface area contributed by atoms with Gasteiger partial charge < -0.3 is 0 Å². The van der Waals surface area contributed by atoms with Gasteiger partial charge in [0.1, 0.15) is 5.69 Å². The highest BCUT2D eigenvalue weighted by Crippen LogP contribution is 2.45. The molecule has 1 aliphatic heterocycles. The molecule has 0 unspecified atom stereocenters. The Bertz CT molecular complexity index is 1350. The molecule has 4 aromatic rings. The lowest BCUT2D eigenvalue weighted by atomic mass is 9.95. The van der Waals surface area contributed by atoms with Gasteiger partial charge in [-0.15, -0.1) is 0 Å². The van der Waals surface area contributed by atoms with Crippen molar-refractivity contribution in [3.05, 3.63) is 110 Å². The summed E-state index contributed by atoms with van der Waals surface area (Å²) < 4.78 is 0. The first-order valence-corrected chi connectivity index (χ1v) is 10.3. The van der Waals surface area contributed by atoms with Crippen LogP contribution in [0, 0.1) is 17.0 Å². The number of nitro groups is 1. The molecule has 32 heavy (non-hydrogen) atoms. The molecular weight excluding hydrogens is 428 g/mol. The normalized spacial score (nSPS) is 15.1. The number of halogens is 1. The van der Waals surface area contributed by atoms with Gasteiger partial charge in [0.2, 0.25) is 0 Å². The quantitative estimate of drug-likeness (QED) is 0.323. The van der Waals surface area contributed by atoms with Gasteiger partial charge in [0.15, 0.2) is 0 Å². The van der Waals surface area contributed by atoms with E-state index < -0.39 is 11.0 Å². The van der Waals surface area contributed by atoms with Crippen LogP contribution < -0.4 is 4.90 Å². The molecule has 1 N–H and O–H groups in total. The third kappa shape index (κ3) is 3.23. The van der Waals surface area contributed by atoms with Crippen LogP contribution in [0.4, 0.5) is 11.4 Å². The van der Waals surface area contributed by atoms with E-state index >= 15 is 0 Å². The predicted octanol–water partition coefficient (Wildman–Crippen LogP) is 5.70. The summed E-state index contributed by atoms with van der Waals surface area (Å²) in [4.78, 5) is 26.1. The highest BCUT2D eigenvalue weighted by molar-refractivity contribution is 6.30. The summed E-state index contributed by atoms with van der Waals surface area (Å²) in [6.45, 7) is 1.97. The second-order valence-corrected chi connectivity index (χ2v) is 8.07. The molecule has 1 aliphatic rings. The number of H-pyrrole nitrogens is 1. The van der Waals surface area contributed by atoms with Gasteiger partial charge in [0.25, 0.3) is 11.6 Å². The zero-order chi connectivity index (χ0) is 22.4. The summed E-state index contributed by atoms with van der Waals surface area (Å²) in [6.07, 6.45) is 0. The maximum absolute atomic E-state index is 13.5. The number of rotatable bonds is 4. The number of hydrogen-bond donors (Lipinski definition) is 1. The van der Waals surface area contributed by atoms with E-state index in [1.54, 1.807) is 29.2 Å². The van der Waals surface area contributed by atoms with Crippen molar-refractivity contribution in [2.45, 2.75) is 13.0 Å². The molecule has 0 aliphatic carbocycles. The molecule has 158 valence electrons. The SMILES string of the molecule is Cc1ccc(N2C(=O)c3[nH]nc(-c4ccc(Cl)cc4)c3[C@@H]2c2cccc([N+](=O)[O-])c2)cc1. The Morgan fingerprint density at radius 1 is 1.06 bits per heavy atom. The minimum atomic E-state index is -0.579. The Labute approximate surface area is 188 Å². The summed E-state index contributed by atoms with van der Waals surface area (Å²) >= 11 is 6.05. The summed E-state index contributed by atoms with van der Waals surface area (Å²) in [5.74, 6) is -0.243. The number of non-ortho nitro benzene ring substituents is 1. The number of carbonyl (C=O) groups excluding carboxylic acids is 1. The minimum Gasteiger partial charge on any atom is -0.295 e. The van der Waals surface area contributed by atoms with E-state index in [0.29, 0.717) is 33.2 Å². The number of hydrogen-bond acceptors (Lipinski definition) is 4. The number of aromatic amines is 1. The van der Waals surface area contributed by atoms with Crippen molar-refractivity contribution in [1.82, 2.24) is 10.2 Å². The Balaban J connectivity index is 1.73. The second kappa shape index (κ2) is 7.62. The molecule has 1 atom stereocenters. The van der Waals surface area contributed by atoms with E-state index in [1.807, 2.05) is 43.3 Å². The number of nitrogens with one attached hydrogen (secondary N) is 1. The largest absolute Gasteiger partial charge is 0.295 e. The predicted molar refractivity (Wildman–Crippen MR) is 122 cm³/mol. The fourth-order valence-corrected chi connectivity index (χ4v) is 4.20. The van der Waals surface area contributed by atoms with Crippen LogP contribution in [-0.4, -0.2) is 21.0 Å². The molecule has 0 saturated heterocycles. The Morgan fingerprint density at radius 3 is 2.47 bits per heavy atom. The third-order valence-electron chi connectivity index (χ3n) is 5.59. The molecule has 0 fully saturated rings. The molecule has 5 rings (SSSR count). The van der Waals surface area contributed by atoms with Crippen LogP contribution in [0.1, 0.15) is 33.2 Å². The first-order chi connectivity index (χ1) is 15.4. The zero-order valence-electron chi connectivity index (χ0n) is 16.9. The number of aryl methyl sites for hydroxylation is 1. The number of amides is 1. The molecule has 7 nitrogen and oxygen atoms in total. The fraction of sp³-hybridized carbons (Fsp3) is 0.0833.